The number of piperidine rings is 1. The highest BCUT2D eigenvalue weighted by Crippen LogP contribution is 2.33. The normalized spacial score (nSPS) is 17.6. The molecule has 2 aliphatic heterocycles. The van der Waals surface area contributed by atoms with Crippen LogP contribution in [0.25, 0.3) is 11.3 Å². The van der Waals surface area contributed by atoms with E-state index in [1.807, 2.05) is 62.4 Å². The molecule has 1 atom stereocenters. The molecule has 1 aromatic heterocycles. The minimum atomic E-state index is -4.14. The van der Waals surface area contributed by atoms with Crippen LogP contribution in [0.4, 0.5) is 5.95 Å². The van der Waals surface area contributed by atoms with Crippen molar-refractivity contribution in [2.75, 3.05) is 17.8 Å². The van der Waals surface area contributed by atoms with Crippen LogP contribution in [0.15, 0.2) is 83.8 Å². The van der Waals surface area contributed by atoms with Gasteiger partial charge in [0.1, 0.15) is 0 Å². The van der Waals surface area contributed by atoms with Crippen LogP contribution in [0.5, 0.6) is 5.88 Å². The molecular weight excluding hydrogens is 592 g/mol. The van der Waals surface area contributed by atoms with Crippen molar-refractivity contribution < 1.29 is 22.7 Å². The Balaban J connectivity index is 1.36. The second kappa shape index (κ2) is 11.9. The van der Waals surface area contributed by atoms with Gasteiger partial charge in [0, 0.05) is 43.1 Å². The molecule has 0 radical (unpaired) electrons. The van der Waals surface area contributed by atoms with Crippen molar-refractivity contribution in [1.82, 2.24) is 20.2 Å². The van der Waals surface area contributed by atoms with Crippen molar-refractivity contribution in [2.24, 2.45) is 5.73 Å². The number of aromatic nitrogens is 2. The lowest BCUT2D eigenvalue weighted by molar-refractivity contribution is -0.136. The first kappa shape index (κ1) is 30.2. The zero-order chi connectivity index (χ0) is 31.8. The monoisotopic (exact) mass is 626 g/mol. The summed E-state index contributed by atoms with van der Waals surface area (Å²) in [5, 5.41) is 3.00. The predicted octanol–water partition coefficient (Wildman–Crippen LogP) is 3.57. The third-order valence-electron chi connectivity index (χ3n) is 8.21. The van der Waals surface area contributed by atoms with Gasteiger partial charge in [0.2, 0.25) is 17.7 Å². The van der Waals surface area contributed by atoms with Gasteiger partial charge in [-0.05, 0) is 55.2 Å². The molecule has 0 aliphatic carbocycles. The highest BCUT2D eigenvalue weighted by atomic mass is 32.2. The van der Waals surface area contributed by atoms with Crippen molar-refractivity contribution in [2.45, 2.75) is 49.8 Å². The van der Waals surface area contributed by atoms with E-state index < -0.39 is 27.7 Å². The molecule has 3 heterocycles. The first-order valence-electron chi connectivity index (χ1n) is 14.7. The smallest absolute Gasteiger partial charge is 0.264 e. The van der Waals surface area contributed by atoms with Crippen LogP contribution in [0.1, 0.15) is 39.9 Å². The molecule has 2 aliphatic rings. The number of hydrogen-bond donors (Lipinski definition) is 3. The summed E-state index contributed by atoms with van der Waals surface area (Å²) >= 11 is 0. The van der Waals surface area contributed by atoms with E-state index in [1.54, 1.807) is 11.0 Å². The number of amides is 2. The number of nitrogens with two attached hydrogens (primary N) is 1. The minimum Gasteiger partial charge on any atom is -0.451 e. The van der Waals surface area contributed by atoms with Crippen molar-refractivity contribution in [3.63, 3.8) is 0 Å². The number of fused-ring (bicyclic) bond motifs is 4. The Morgan fingerprint density at radius 2 is 1.67 bits per heavy atom. The number of sulfonamides is 1. The molecule has 1 spiro atoms. The van der Waals surface area contributed by atoms with Gasteiger partial charge in [0.05, 0.1) is 16.6 Å². The third kappa shape index (κ3) is 6.38. The molecular formula is C33H34N6O5S. The van der Waals surface area contributed by atoms with E-state index in [1.165, 1.54) is 24.3 Å². The number of anilines is 1. The molecule has 11 nitrogen and oxygen atoms in total. The maximum absolute atomic E-state index is 13.6. The molecule has 6 rings (SSSR count). The summed E-state index contributed by atoms with van der Waals surface area (Å²) in [6.45, 7) is 4.43. The molecule has 12 heteroatoms. The Morgan fingerprint density at radius 1 is 0.978 bits per heavy atom. The number of nitrogens with zero attached hydrogens (tertiary/aromatic N) is 3. The fraction of sp³-hybridized carbons (Fsp3) is 0.273. The Labute approximate surface area is 261 Å². The van der Waals surface area contributed by atoms with Gasteiger partial charge in [0.15, 0.2) is 5.72 Å². The van der Waals surface area contributed by atoms with Crippen molar-refractivity contribution in [3.8, 4) is 17.1 Å². The van der Waals surface area contributed by atoms with Gasteiger partial charge in [-0.3, -0.25) is 9.59 Å². The first-order chi connectivity index (χ1) is 21.5. The molecule has 2 amide bonds. The predicted molar refractivity (Wildman–Crippen MR) is 169 cm³/mol. The van der Waals surface area contributed by atoms with Crippen molar-refractivity contribution in [3.05, 3.63) is 101 Å². The van der Waals surface area contributed by atoms with Gasteiger partial charge >= 0.3 is 0 Å². The number of ether oxygens (including phenoxy) is 1. The Bertz CT molecular complexity index is 1850. The fourth-order valence-electron chi connectivity index (χ4n) is 5.86. The number of rotatable bonds is 4. The molecule has 4 N–H and O–H groups in total. The second-order valence-electron chi connectivity index (χ2n) is 11.5. The van der Waals surface area contributed by atoms with E-state index in [9.17, 15) is 18.0 Å². The number of carbonyl (C=O) groups excluding carboxylic acids is 2. The van der Waals surface area contributed by atoms with Crippen LogP contribution in [0, 0.1) is 13.8 Å². The standard InChI is InChI=1S/C33H34N6O5S/c1-21-8-6-9-22(2)29(21)27-20-28-36-32(35-27)38-45(42,43)25-13-7-12-24(19-25)30(40)37-33(44-28)14-16-39(17-15-33)31(41)26(34)18-23-10-4-3-5-11-23/h3-13,19-20,26H,14-18,34H2,1-2H3,(H,37,40)(H,35,36,38). The second-order valence-corrected chi connectivity index (χ2v) is 13.2. The zero-order valence-electron chi connectivity index (χ0n) is 25.0. The van der Waals surface area contributed by atoms with E-state index in [2.05, 4.69) is 20.0 Å². The minimum absolute atomic E-state index is 0.0745. The number of carbonyl (C=O) groups is 2. The fourth-order valence-corrected chi connectivity index (χ4v) is 6.85. The summed E-state index contributed by atoms with van der Waals surface area (Å²) in [6.07, 6.45) is 0.893. The Morgan fingerprint density at radius 3 is 2.38 bits per heavy atom. The number of aryl methyl sites for hydroxylation is 2. The Kier molecular flexibility index (Phi) is 8.02. The van der Waals surface area contributed by atoms with Gasteiger partial charge in [-0.15, -0.1) is 0 Å². The van der Waals surface area contributed by atoms with Crippen LogP contribution >= 0.6 is 0 Å². The van der Waals surface area contributed by atoms with E-state index in [0.29, 0.717) is 12.1 Å². The van der Waals surface area contributed by atoms with Gasteiger partial charge in [0.25, 0.3) is 15.9 Å². The molecule has 45 heavy (non-hydrogen) atoms. The summed E-state index contributed by atoms with van der Waals surface area (Å²) in [6, 6.07) is 22.1. The maximum atomic E-state index is 13.6. The van der Waals surface area contributed by atoms with Crippen LogP contribution in [-0.2, 0) is 21.2 Å². The van der Waals surface area contributed by atoms with Crippen LogP contribution < -0.4 is 20.5 Å². The van der Waals surface area contributed by atoms with Gasteiger partial charge in [-0.2, -0.15) is 4.98 Å². The van der Waals surface area contributed by atoms with E-state index in [-0.39, 0.29) is 54.1 Å². The zero-order valence-corrected chi connectivity index (χ0v) is 25.8. The van der Waals surface area contributed by atoms with Gasteiger partial charge in [-0.25, -0.2) is 18.1 Å². The summed E-state index contributed by atoms with van der Waals surface area (Å²) in [5.74, 6) is -0.795. The maximum Gasteiger partial charge on any atom is 0.264 e. The van der Waals surface area contributed by atoms with E-state index in [0.717, 1.165) is 22.3 Å². The van der Waals surface area contributed by atoms with Gasteiger partial charge in [-0.1, -0.05) is 54.6 Å². The lowest BCUT2D eigenvalue weighted by Crippen LogP contribution is -2.61. The largest absolute Gasteiger partial charge is 0.451 e. The number of likely N-dealkylation sites (tertiary alicyclic amines) is 1. The lowest BCUT2D eigenvalue weighted by atomic mass is 9.97. The highest BCUT2D eigenvalue weighted by molar-refractivity contribution is 7.92. The molecule has 1 fully saturated rings. The first-order valence-corrected chi connectivity index (χ1v) is 16.2. The average molecular weight is 627 g/mol. The van der Waals surface area contributed by atoms with E-state index >= 15 is 0 Å². The summed E-state index contributed by atoms with van der Waals surface area (Å²) in [7, 11) is -4.14. The molecule has 1 saturated heterocycles. The third-order valence-corrected chi connectivity index (χ3v) is 9.54. The molecule has 3 aromatic carbocycles. The van der Waals surface area contributed by atoms with E-state index in [4.69, 9.17) is 10.5 Å². The highest BCUT2D eigenvalue weighted by Gasteiger charge is 2.41. The number of hydrogen-bond acceptors (Lipinski definition) is 8. The summed E-state index contributed by atoms with van der Waals surface area (Å²) in [5.41, 5.74) is 9.32. The van der Waals surface area contributed by atoms with Crippen molar-refractivity contribution >= 4 is 27.8 Å². The van der Waals surface area contributed by atoms with Crippen LogP contribution in [0.3, 0.4) is 0 Å². The van der Waals surface area contributed by atoms with Crippen molar-refractivity contribution in [1.29, 1.82) is 0 Å². The number of benzene rings is 3. The molecule has 232 valence electrons. The molecule has 0 saturated carbocycles. The molecule has 4 aromatic rings. The summed E-state index contributed by atoms with van der Waals surface area (Å²) < 4.78 is 35.6. The Hall–Kier alpha value is -4.81. The van der Waals surface area contributed by atoms with Gasteiger partial charge < -0.3 is 20.7 Å². The van der Waals surface area contributed by atoms with Crippen LogP contribution in [-0.4, -0.2) is 60.0 Å². The topological polar surface area (TPSA) is 157 Å². The molecule has 1 unspecified atom stereocenters. The molecule has 4 bridgehead atoms. The number of nitrogens with one attached hydrogen (secondary N) is 2. The quantitative estimate of drug-likeness (QED) is 0.310. The average Bonchev–Trinajstić information content (AvgIpc) is 3.01. The van der Waals surface area contributed by atoms with Crippen LogP contribution in [0.2, 0.25) is 0 Å². The summed E-state index contributed by atoms with van der Waals surface area (Å²) in [4.78, 5) is 37.4. The SMILES string of the molecule is Cc1cccc(C)c1-c1cc2nc(n1)NS(=O)(=O)c1cccc(c1)C(=O)NC1(CCN(C(=O)C(N)Cc3ccccc3)CC1)O2. The lowest BCUT2D eigenvalue weighted by Gasteiger charge is -2.42.